The molecule has 194 valence electrons. The van der Waals surface area contributed by atoms with E-state index in [1.165, 1.54) is 6.07 Å². The quantitative estimate of drug-likeness (QED) is 0.251. The Kier molecular flexibility index (Phi) is 5.86. The highest BCUT2D eigenvalue weighted by molar-refractivity contribution is 5.98. The molecule has 5 heterocycles. The minimum absolute atomic E-state index is 0.125. The van der Waals surface area contributed by atoms with Crippen molar-refractivity contribution >= 4 is 33.5 Å². The largest absolute Gasteiger partial charge is 0.336 e. The van der Waals surface area contributed by atoms with Gasteiger partial charge < -0.3 is 10.3 Å². The van der Waals surface area contributed by atoms with Crippen LogP contribution in [0.5, 0.6) is 0 Å². The fourth-order valence-corrected chi connectivity index (χ4v) is 4.55. The summed E-state index contributed by atoms with van der Waals surface area (Å²) in [5.74, 6) is -0.0371. The van der Waals surface area contributed by atoms with E-state index in [1.807, 2.05) is 39.0 Å². The van der Waals surface area contributed by atoms with Gasteiger partial charge in [-0.1, -0.05) is 20.8 Å². The van der Waals surface area contributed by atoms with Crippen molar-refractivity contribution in [1.29, 1.82) is 0 Å². The van der Waals surface area contributed by atoms with Crippen molar-refractivity contribution in [2.45, 2.75) is 27.2 Å². The van der Waals surface area contributed by atoms with Crippen molar-refractivity contribution < 1.29 is 9.18 Å². The van der Waals surface area contributed by atoms with E-state index in [0.29, 0.717) is 51.2 Å². The van der Waals surface area contributed by atoms with E-state index >= 15 is 4.39 Å². The van der Waals surface area contributed by atoms with Crippen LogP contribution in [-0.2, 0) is 4.79 Å². The summed E-state index contributed by atoms with van der Waals surface area (Å²) in [6.07, 6.45) is 8.60. The third-order valence-electron chi connectivity index (χ3n) is 6.25. The third kappa shape index (κ3) is 4.84. The van der Waals surface area contributed by atoms with Gasteiger partial charge in [0.15, 0.2) is 5.82 Å². The molecule has 0 aliphatic heterocycles. The van der Waals surface area contributed by atoms with Gasteiger partial charge in [0.1, 0.15) is 17.0 Å². The lowest BCUT2D eigenvalue weighted by atomic mass is 9.92. The summed E-state index contributed by atoms with van der Waals surface area (Å²) in [6.45, 7) is 5.98. The highest BCUT2D eigenvalue weighted by Gasteiger charge is 2.19. The van der Waals surface area contributed by atoms with Gasteiger partial charge in [0.25, 0.3) is 0 Å². The molecule has 0 saturated heterocycles. The van der Waals surface area contributed by atoms with E-state index in [0.717, 1.165) is 16.8 Å². The van der Waals surface area contributed by atoms with Crippen molar-refractivity contribution in [2.75, 3.05) is 5.32 Å². The Hall–Kier alpha value is -4.99. The fourth-order valence-electron chi connectivity index (χ4n) is 4.55. The predicted molar refractivity (Wildman–Crippen MR) is 148 cm³/mol. The van der Waals surface area contributed by atoms with Crippen LogP contribution in [0.15, 0.2) is 67.4 Å². The van der Waals surface area contributed by atoms with Gasteiger partial charge in [0.05, 0.1) is 28.6 Å². The Morgan fingerprint density at radius 1 is 0.949 bits per heavy atom. The number of fused-ring (bicyclic) bond motifs is 2. The van der Waals surface area contributed by atoms with Crippen molar-refractivity contribution in [3.8, 4) is 33.9 Å². The van der Waals surface area contributed by atoms with Crippen LogP contribution in [0.1, 0.15) is 27.2 Å². The maximum absolute atomic E-state index is 15.2. The van der Waals surface area contributed by atoms with Crippen LogP contribution in [0.3, 0.4) is 0 Å². The number of benzene rings is 1. The van der Waals surface area contributed by atoms with E-state index < -0.39 is 5.82 Å². The van der Waals surface area contributed by atoms with E-state index in [-0.39, 0.29) is 11.3 Å². The minimum atomic E-state index is -0.438. The molecule has 1 aromatic carbocycles. The SMILES string of the molecule is CC(C)(C)CC(=O)Nc1cncc(-c2cc3c(-c4nc5c(-c6ccncc6)nccc5[nH]4)n[nH]c3cc2F)c1. The molecule has 0 spiro atoms. The first kappa shape index (κ1) is 24.4. The standard InChI is InChI=1S/C29H25FN8O/c1-29(2,3)13-24(39)34-18-10-17(14-32-15-18)19-11-20-23(12-21(19)30)37-38-26(20)28-35-22-6-9-33-25(27(22)36-28)16-4-7-31-8-5-16/h4-12,14-15H,13H2,1-3H3,(H,34,39)(H,35,36)(H,37,38). The molecular weight excluding hydrogens is 495 g/mol. The first-order chi connectivity index (χ1) is 18.7. The van der Waals surface area contributed by atoms with Crippen LogP contribution >= 0.6 is 0 Å². The zero-order valence-electron chi connectivity index (χ0n) is 21.6. The molecule has 0 unspecified atom stereocenters. The van der Waals surface area contributed by atoms with Gasteiger partial charge in [-0.25, -0.2) is 9.37 Å². The highest BCUT2D eigenvalue weighted by Crippen LogP contribution is 2.34. The zero-order valence-corrected chi connectivity index (χ0v) is 21.6. The molecule has 6 aromatic rings. The van der Waals surface area contributed by atoms with E-state index in [2.05, 4.69) is 35.5 Å². The molecule has 9 nitrogen and oxygen atoms in total. The number of carbonyl (C=O) groups is 1. The molecule has 39 heavy (non-hydrogen) atoms. The molecular formula is C29H25FN8O. The molecule has 10 heteroatoms. The van der Waals surface area contributed by atoms with Gasteiger partial charge in [0.2, 0.25) is 5.91 Å². The third-order valence-corrected chi connectivity index (χ3v) is 6.25. The fraction of sp³-hybridized carbons (Fsp3) is 0.172. The molecule has 5 aromatic heterocycles. The first-order valence-corrected chi connectivity index (χ1v) is 12.4. The van der Waals surface area contributed by atoms with Crippen molar-refractivity contribution in [1.82, 2.24) is 35.1 Å². The molecule has 6 rings (SSSR count). The van der Waals surface area contributed by atoms with Crippen LogP contribution in [-0.4, -0.2) is 41.0 Å². The summed E-state index contributed by atoms with van der Waals surface area (Å²) in [6, 6.07) is 10.4. The minimum Gasteiger partial charge on any atom is -0.336 e. The molecule has 1 amide bonds. The second-order valence-electron chi connectivity index (χ2n) is 10.6. The van der Waals surface area contributed by atoms with Crippen LogP contribution in [0.2, 0.25) is 0 Å². The van der Waals surface area contributed by atoms with Crippen LogP contribution < -0.4 is 5.32 Å². The molecule has 0 radical (unpaired) electrons. The van der Waals surface area contributed by atoms with E-state index in [1.54, 1.807) is 43.1 Å². The first-order valence-electron chi connectivity index (χ1n) is 12.4. The second kappa shape index (κ2) is 9.39. The number of imidazole rings is 1. The number of anilines is 1. The summed E-state index contributed by atoms with van der Waals surface area (Å²) in [5, 5.41) is 10.9. The maximum Gasteiger partial charge on any atom is 0.224 e. The number of hydrogen-bond acceptors (Lipinski definition) is 6. The average molecular weight is 521 g/mol. The van der Waals surface area contributed by atoms with Crippen molar-refractivity contribution in [3.05, 3.63) is 73.2 Å². The molecule has 3 N–H and O–H groups in total. The van der Waals surface area contributed by atoms with Gasteiger partial charge in [-0.3, -0.25) is 24.8 Å². The lowest BCUT2D eigenvalue weighted by molar-refractivity contribution is -0.117. The second-order valence-corrected chi connectivity index (χ2v) is 10.6. The number of hydrogen-bond donors (Lipinski definition) is 3. The number of aromatic amines is 2. The predicted octanol–water partition coefficient (Wildman–Crippen LogP) is 6.14. The lowest BCUT2D eigenvalue weighted by Crippen LogP contribution is -2.19. The number of amides is 1. The van der Waals surface area contributed by atoms with Gasteiger partial charge >= 0.3 is 0 Å². The molecule has 0 fully saturated rings. The number of halogens is 1. The lowest BCUT2D eigenvalue weighted by Gasteiger charge is -2.17. The maximum atomic E-state index is 15.2. The molecule has 0 aliphatic carbocycles. The Balaban J connectivity index is 1.39. The Labute approximate surface area is 223 Å². The number of aromatic nitrogens is 7. The number of nitrogens with zero attached hydrogens (tertiary/aromatic N) is 5. The number of carbonyl (C=O) groups excluding carboxylic acids is 1. The Morgan fingerprint density at radius 3 is 2.56 bits per heavy atom. The average Bonchev–Trinajstić information content (AvgIpc) is 3.51. The van der Waals surface area contributed by atoms with Crippen molar-refractivity contribution in [2.24, 2.45) is 5.41 Å². The smallest absolute Gasteiger partial charge is 0.224 e. The summed E-state index contributed by atoms with van der Waals surface area (Å²) in [7, 11) is 0. The summed E-state index contributed by atoms with van der Waals surface area (Å²) < 4.78 is 15.2. The van der Waals surface area contributed by atoms with Gasteiger partial charge in [-0.15, -0.1) is 0 Å². The molecule has 0 saturated carbocycles. The Bertz CT molecular complexity index is 1840. The number of H-pyrrole nitrogens is 2. The van der Waals surface area contributed by atoms with Gasteiger partial charge in [-0.05, 0) is 35.7 Å². The number of nitrogens with one attached hydrogen (secondary N) is 3. The van der Waals surface area contributed by atoms with Crippen LogP contribution in [0.4, 0.5) is 10.1 Å². The summed E-state index contributed by atoms with van der Waals surface area (Å²) >= 11 is 0. The van der Waals surface area contributed by atoms with E-state index in [9.17, 15) is 4.79 Å². The van der Waals surface area contributed by atoms with E-state index in [4.69, 9.17) is 4.98 Å². The number of pyridine rings is 3. The molecule has 0 aliphatic rings. The van der Waals surface area contributed by atoms with Crippen LogP contribution in [0, 0.1) is 11.2 Å². The normalized spacial score (nSPS) is 11.8. The van der Waals surface area contributed by atoms with Gasteiger partial charge in [0, 0.05) is 59.4 Å². The van der Waals surface area contributed by atoms with Gasteiger partial charge in [-0.2, -0.15) is 5.10 Å². The monoisotopic (exact) mass is 520 g/mol. The molecule has 0 atom stereocenters. The van der Waals surface area contributed by atoms with Crippen LogP contribution in [0.25, 0.3) is 55.8 Å². The Morgan fingerprint density at radius 2 is 1.77 bits per heavy atom. The summed E-state index contributed by atoms with van der Waals surface area (Å²) in [5.41, 5.74) is 5.40. The van der Waals surface area contributed by atoms with Crippen molar-refractivity contribution in [3.63, 3.8) is 0 Å². The summed E-state index contributed by atoms with van der Waals surface area (Å²) in [4.78, 5) is 33.4. The zero-order chi connectivity index (χ0) is 27.1. The molecule has 0 bridgehead atoms. The topological polar surface area (TPSA) is 125 Å². The highest BCUT2D eigenvalue weighted by atomic mass is 19.1. The number of rotatable bonds is 5.